The maximum atomic E-state index is 12.1. The Morgan fingerprint density at radius 3 is 2.52 bits per heavy atom. The highest BCUT2D eigenvalue weighted by Gasteiger charge is 2.40. The van der Waals surface area contributed by atoms with E-state index < -0.39 is 21.2 Å². The van der Waals surface area contributed by atoms with Crippen molar-refractivity contribution >= 4 is 38.2 Å². The fraction of sp³-hybridized carbons (Fsp3) is 0.500. The second-order valence-electron chi connectivity index (χ2n) is 4.87. The minimum absolute atomic E-state index is 0.0406. The Morgan fingerprint density at radius 2 is 2.05 bits per heavy atom. The number of anilines is 1. The van der Waals surface area contributed by atoms with Gasteiger partial charge in [0.25, 0.3) is 0 Å². The maximum absolute atomic E-state index is 12.1. The molecular weight excluding hydrogens is 316 g/mol. The van der Waals surface area contributed by atoms with Crippen molar-refractivity contribution in [3.05, 3.63) is 16.0 Å². The SMILES string of the molecule is COC(=O)c1c(N2CC(S(N)(=O)=O)CC2=O)sc(C)c1C. The third-order valence-corrected chi connectivity index (χ3v) is 6.03. The molecule has 1 fully saturated rings. The molecule has 1 unspecified atom stereocenters. The number of aryl methyl sites for hydroxylation is 1. The van der Waals surface area contributed by atoms with Gasteiger partial charge in [-0.05, 0) is 19.4 Å². The smallest absolute Gasteiger partial charge is 0.341 e. The summed E-state index contributed by atoms with van der Waals surface area (Å²) in [6, 6.07) is 0. The average Bonchev–Trinajstić information content (AvgIpc) is 2.90. The topological polar surface area (TPSA) is 107 Å². The van der Waals surface area contributed by atoms with Gasteiger partial charge in [-0.2, -0.15) is 0 Å². The van der Waals surface area contributed by atoms with E-state index in [1.807, 2.05) is 6.92 Å². The summed E-state index contributed by atoms with van der Waals surface area (Å²) in [6.45, 7) is 3.55. The van der Waals surface area contributed by atoms with E-state index in [0.29, 0.717) is 10.6 Å². The van der Waals surface area contributed by atoms with E-state index in [4.69, 9.17) is 9.88 Å². The number of nitrogens with two attached hydrogens (primary N) is 1. The Kier molecular flexibility index (Phi) is 4.09. The van der Waals surface area contributed by atoms with Gasteiger partial charge in [0, 0.05) is 17.8 Å². The zero-order valence-electron chi connectivity index (χ0n) is 11.9. The molecule has 1 aliphatic heterocycles. The van der Waals surface area contributed by atoms with Crippen molar-refractivity contribution in [1.82, 2.24) is 0 Å². The van der Waals surface area contributed by atoms with Crippen molar-refractivity contribution in [2.75, 3.05) is 18.6 Å². The van der Waals surface area contributed by atoms with Gasteiger partial charge in [-0.25, -0.2) is 18.4 Å². The van der Waals surface area contributed by atoms with Crippen LogP contribution in [0.5, 0.6) is 0 Å². The summed E-state index contributed by atoms with van der Waals surface area (Å²) in [5.74, 6) is -0.904. The van der Waals surface area contributed by atoms with E-state index in [1.165, 1.54) is 23.3 Å². The number of hydrogen-bond donors (Lipinski definition) is 1. The first-order valence-corrected chi connectivity index (χ1v) is 8.59. The highest BCUT2D eigenvalue weighted by atomic mass is 32.2. The summed E-state index contributed by atoms with van der Waals surface area (Å²) >= 11 is 1.27. The molecule has 1 aliphatic rings. The summed E-state index contributed by atoms with van der Waals surface area (Å²) < 4.78 is 27.6. The van der Waals surface area contributed by atoms with E-state index in [2.05, 4.69) is 0 Å². The van der Waals surface area contributed by atoms with Crippen LogP contribution >= 0.6 is 11.3 Å². The van der Waals surface area contributed by atoms with Gasteiger partial charge in [0.2, 0.25) is 15.9 Å². The molecule has 1 aromatic heterocycles. The van der Waals surface area contributed by atoms with Gasteiger partial charge < -0.3 is 9.64 Å². The standard InChI is InChI=1S/C12H16N2O5S2/c1-6-7(2)20-11(10(6)12(16)19-3)14-5-8(4-9(14)15)21(13,17)18/h8H,4-5H2,1-3H3,(H2,13,17,18). The normalized spacial score (nSPS) is 19.1. The molecule has 2 heterocycles. The van der Waals surface area contributed by atoms with Crippen LogP contribution in [0.1, 0.15) is 27.2 Å². The Balaban J connectivity index is 2.46. The van der Waals surface area contributed by atoms with Gasteiger partial charge in [-0.3, -0.25) is 4.79 Å². The van der Waals surface area contributed by atoms with Crippen LogP contribution < -0.4 is 10.0 Å². The van der Waals surface area contributed by atoms with Crippen LogP contribution in [-0.2, 0) is 19.6 Å². The van der Waals surface area contributed by atoms with Gasteiger partial charge >= 0.3 is 5.97 Å². The number of rotatable bonds is 3. The summed E-state index contributed by atoms with van der Waals surface area (Å²) in [7, 11) is -2.53. The third kappa shape index (κ3) is 2.81. The summed E-state index contributed by atoms with van der Waals surface area (Å²) in [5, 5.41) is 4.59. The van der Waals surface area contributed by atoms with Gasteiger partial charge in [0.05, 0.1) is 12.7 Å². The summed E-state index contributed by atoms with van der Waals surface area (Å²) in [4.78, 5) is 26.2. The molecule has 0 spiro atoms. The lowest BCUT2D eigenvalue weighted by Crippen LogP contribution is -2.32. The molecule has 7 nitrogen and oxygen atoms in total. The van der Waals surface area contributed by atoms with Gasteiger partial charge in [0.15, 0.2) is 0 Å². The fourth-order valence-electron chi connectivity index (χ4n) is 2.23. The lowest BCUT2D eigenvalue weighted by molar-refractivity contribution is -0.117. The van der Waals surface area contributed by atoms with E-state index in [-0.39, 0.29) is 18.9 Å². The van der Waals surface area contributed by atoms with Crippen LogP contribution in [0.4, 0.5) is 5.00 Å². The zero-order valence-corrected chi connectivity index (χ0v) is 13.5. The minimum atomic E-state index is -3.79. The second kappa shape index (κ2) is 5.39. The molecule has 116 valence electrons. The van der Waals surface area contributed by atoms with Crippen LogP contribution in [0.15, 0.2) is 0 Å². The molecule has 1 saturated heterocycles. The number of amides is 1. The number of sulfonamides is 1. The molecule has 1 atom stereocenters. The second-order valence-corrected chi connectivity index (χ2v) is 7.92. The van der Waals surface area contributed by atoms with Crippen molar-refractivity contribution < 1.29 is 22.7 Å². The number of thiophene rings is 1. The molecule has 2 N–H and O–H groups in total. The zero-order chi connectivity index (χ0) is 15.9. The van der Waals surface area contributed by atoms with Crippen LogP contribution in [0.3, 0.4) is 0 Å². The number of carbonyl (C=O) groups is 2. The Hall–Kier alpha value is -1.45. The summed E-state index contributed by atoms with van der Waals surface area (Å²) in [5.41, 5.74) is 1.04. The fourth-order valence-corrected chi connectivity index (χ4v) is 4.13. The van der Waals surface area contributed by atoms with E-state index in [1.54, 1.807) is 6.92 Å². The number of esters is 1. The predicted octanol–water partition coefficient (Wildman–Crippen LogP) is 0.545. The predicted molar refractivity (Wildman–Crippen MR) is 79.0 cm³/mol. The molecule has 0 aromatic carbocycles. The molecule has 9 heteroatoms. The molecule has 2 rings (SSSR count). The van der Waals surface area contributed by atoms with Crippen LogP contribution in [0, 0.1) is 13.8 Å². The van der Waals surface area contributed by atoms with Crippen molar-refractivity contribution in [1.29, 1.82) is 0 Å². The average molecular weight is 332 g/mol. The number of ether oxygens (including phenoxy) is 1. The molecule has 21 heavy (non-hydrogen) atoms. The van der Waals surface area contributed by atoms with E-state index in [9.17, 15) is 18.0 Å². The van der Waals surface area contributed by atoms with Crippen molar-refractivity contribution in [2.24, 2.45) is 5.14 Å². The first-order chi connectivity index (χ1) is 9.66. The Bertz CT molecular complexity index is 707. The summed E-state index contributed by atoms with van der Waals surface area (Å²) in [6.07, 6.45) is -0.171. The highest BCUT2D eigenvalue weighted by Crippen LogP contribution is 2.38. The quantitative estimate of drug-likeness (QED) is 0.813. The lowest BCUT2D eigenvalue weighted by atomic mass is 10.1. The van der Waals surface area contributed by atoms with Gasteiger partial charge in [-0.1, -0.05) is 0 Å². The number of primary sulfonamides is 1. The third-order valence-electron chi connectivity index (χ3n) is 3.56. The molecule has 1 amide bonds. The molecule has 0 saturated carbocycles. The number of methoxy groups -OCH3 is 1. The Morgan fingerprint density at radius 1 is 1.43 bits per heavy atom. The monoisotopic (exact) mass is 332 g/mol. The molecule has 1 aromatic rings. The maximum Gasteiger partial charge on any atom is 0.341 e. The van der Waals surface area contributed by atoms with Crippen LogP contribution in [-0.4, -0.2) is 39.2 Å². The van der Waals surface area contributed by atoms with E-state index in [0.717, 1.165) is 10.4 Å². The number of carbonyl (C=O) groups excluding carboxylic acids is 2. The first-order valence-electron chi connectivity index (χ1n) is 6.17. The van der Waals surface area contributed by atoms with Crippen LogP contribution in [0.25, 0.3) is 0 Å². The first kappa shape index (κ1) is 15.9. The minimum Gasteiger partial charge on any atom is -0.465 e. The highest BCUT2D eigenvalue weighted by molar-refractivity contribution is 7.89. The largest absolute Gasteiger partial charge is 0.465 e. The number of nitrogens with zero attached hydrogens (tertiary/aromatic N) is 1. The van der Waals surface area contributed by atoms with Crippen molar-refractivity contribution in [2.45, 2.75) is 25.5 Å². The van der Waals surface area contributed by atoms with Crippen molar-refractivity contribution in [3.8, 4) is 0 Å². The van der Waals surface area contributed by atoms with E-state index >= 15 is 0 Å². The number of hydrogen-bond acceptors (Lipinski definition) is 6. The molecular formula is C12H16N2O5S2. The van der Waals surface area contributed by atoms with Gasteiger partial charge in [-0.15, -0.1) is 11.3 Å². The van der Waals surface area contributed by atoms with Gasteiger partial charge in [0.1, 0.15) is 10.3 Å². The molecule has 0 aliphatic carbocycles. The Labute approximate surface area is 126 Å². The lowest BCUT2D eigenvalue weighted by Gasteiger charge is -2.16. The molecule has 0 radical (unpaired) electrons. The van der Waals surface area contributed by atoms with Crippen LogP contribution in [0.2, 0.25) is 0 Å². The molecule has 0 bridgehead atoms. The van der Waals surface area contributed by atoms with Crippen molar-refractivity contribution in [3.63, 3.8) is 0 Å².